The minimum atomic E-state index is -0.297. The van der Waals surface area contributed by atoms with E-state index in [9.17, 15) is 5.11 Å². The van der Waals surface area contributed by atoms with Crippen LogP contribution in [-0.4, -0.2) is 18.8 Å². The molecule has 0 aliphatic heterocycles. The van der Waals surface area contributed by atoms with E-state index in [2.05, 4.69) is 0 Å². The van der Waals surface area contributed by atoms with Gasteiger partial charge in [-0.2, -0.15) is 0 Å². The van der Waals surface area contributed by atoms with Crippen molar-refractivity contribution in [2.45, 2.75) is 40.0 Å². The zero-order valence-corrected chi connectivity index (χ0v) is 12.2. The van der Waals surface area contributed by atoms with E-state index < -0.39 is 0 Å². The first kappa shape index (κ1) is 14.3. The number of hydrogen-bond acceptors (Lipinski definition) is 2. The second kappa shape index (κ2) is 4.87. The van der Waals surface area contributed by atoms with Gasteiger partial charge in [-0.25, -0.2) is 0 Å². The first-order chi connectivity index (χ1) is 7.77. The zero-order chi connectivity index (χ0) is 13.4. The first-order valence-corrected chi connectivity index (χ1v) is 6.10. The summed E-state index contributed by atoms with van der Waals surface area (Å²) < 4.78 is 5.34. The molecule has 17 heavy (non-hydrogen) atoms. The van der Waals surface area contributed by atoms with E-state index in [0.717, 1.165) is 28.0 Å². The molecule has 0 saturated heterocycles. The van der Waals surface area contributed by atoms with E-state index in [1.54, 1.807) is 7.11 Å². The van der Waals surface area contributed by atoms with E-state index in [-0.39, 0.29) is 12.0 Å². The van der Waals surface area contributed by atoms with E-state index in [4.69, 9.17) is 16.3 Å². The summed E-state index contributed by atoms with van der Waals surface area (Å²) >= 11 is 6.33. The number of benzene rings is 1. The maximum Gasteiger partial charge on any atom is 0.140 e. The highest BCUT2D eigenvalue weighted by Gasteiger charge is 2.27. The third-order valence-electron chi connectivity index (χ3n) is 3.46. The quantitative estimate of drug-likeness (QED) is 0.896. The Morgan fingerprint density at radius 2 is 1.65 bits per heavy atom. The van der Waals surface area contributed by atoms with Crippen LogP contribution in [0.1, 0.15) is 36.1 Å². The van der Waals surface area contributed by atoms with E-state index in [1.807, 2.05) is 34.6 Å². The van der Waals surface area contributed by atoms with Crippen molar-refractivity contribution in [2.75, 3.05) is 13.7 Å². The maximum atomic E-state index is 9.53. The molecule has 0 bridgehead atoms. The van der Waals surface area contributed by atoms with Gasteiger partial charge < -0.3 is 9.84 Å². The Labute approximate surface area is 109 Å². The van der Waals surface area contributed by atoms with Gasteiger partial charge in [-0.3, -0.25) is 0 Å². The number of rotatable bonds is 3. The van der Waals surface area contributed by atoms with Gasteiger partial charge in [0.05, 0.1) is 18.7 Å². The van der Waals surface area contributed by atoms with Crippen LogP contribution in [0.2, 0.25) is 5.02 Å². The van der Waals surface area contributed by atoms with Crippen LogP contribution in [-0.2, 0) is 5.41 Å². The van der Waals surface area contributed by atoms with Gasteiger partial charge in [0.15, 0.2) is 0 Å². The third-order valence-corrected chi connectivity index (χ3v) is 3.91. The van der Waals surface area contributed by atoms with Crippen molar-refractivity contribution in [3.63, 3.8) is 0 Å². The van der Waals surface area contributed by atoms with Crippen LogP contribution in [0.25, 0.3) is 0 Å². The summed E-state index contributed by atoms with van der Waals surface area (Å²) in [4.78, 5) is 0. The van der Waals surface area contributed by atoms with E-state index >= 15 is 0 Å². The minimum Gasteiger partial charge on any atom is -0.495 e. The van der Waals surface area contributed by atoms with Crippen molar-refractivity contribution in [3.05, 3.63) is 27.3 Å². The molecule has 0 amide bonds. The molecule has 1 aromatic carbocycles. The van der Waals surface area contributed by atoms with Crippen LogP contribution in [0.3, 0.4) is 0 Å². The molecule has 0 spiro atoms. The van der Waals surface area contributed by atoms with Crippen molar-refractivity contribution in [1.82, 2.24) is 0 Å². The monoisotopic (exact) mass is 256 g/mol. The lowest BCUT2D eigenvalue weighted by Gasteiger charge is -2.29. The molecule has 1 aromatic rings. The lowest BCUT2D eigenvalue weighted by Crippen LogP contribution is -2.25. The SMILES string of the molecule is COc1c(C)c(C)c(C(C)(C)CO)c(C)c1Cl. The van der Waals surface area contributed by atoms with Crippen molar-refractivity contribution in [2.24, 2.45) is 0 Å². The van der Waals surface area contributed by atoms with E-state index in [0.29, 0.717) is 5.02 Å². The number of ether oxygens (including phenoxy) is 1. The molecule has 0 aliphatic rings. The fourth-order valence-corrected chi connectivity index (χ4v) is 2.73. The molecule has 0 heterocycles. The highest BCUT2D eigenvalue weighted by Crippen LogP contribution is 2.41. The van der Waals surface area contributed by atoms with Gasteiger partial charge in [0, 0.05) is 5.41 Å². The van der Waals surface area contributed by atoms with Gasteiger partial charge in [0.1, 0.15) is 5.75 Å². The Kier molecular flexibility index (Phi) is 4.11. The molecule has 0 radical (unpaired) electrons. The summed E-state index contributed by atoms with van der Waals surface area (Å²) in [5.41, 5.74) is 3.99. The molecule has 0 saturated carbocycles. The molecule has 0 fully saturated rings. The molecule has 0 atom stereocenters. The summed E-state index contributed by atoms with van der Waals surface area (Å²) in [6.07, 6.45) is 0. The average Bonchev–Trinajstić information content (AvgIpc) is 2.27. The van der Waals surface area contributed by atoms with E-state index in [1.165, 1.54) is 0 Å². The molecule has 0 unspecified atom stereocenters. The van der Waals surface area contributed by atoms with Gasteiger partial charge in [-0.1, -0.05) is 25.4 Å². The zero-order valence-electron chi connectivity index (χ0n) is 11.4. The Hall–Kier alpha value is -0.730. The maximum absolute atomic E-state index is 9.53. The predicted octanol–water partition coefficient (Wildman–Crippen LogP) is 3.54. The Morgan fingerprint density at radius 1 is 1.12 bits per heavy atom. The smallest absolute Gasteiger partial charge is 0.140 e. The molecule has 3 heteroatoms. The lowest BCUT2D eigenvalue weighted by atomic mass is 9.78. The molecule has 2 nitrogen and oxygen atoms in total. The molecule has 1 N–H and O–H groups in total. The largest absolute Gasteiger partial charge is 0.495 e. The summed E-state index contributed by atoms with van der Waals surface area (Å²) in [6, 6.07) is 0. The predicted molar refractivity (Wildman–Crippen MR) is 72.3 cm³/mol. The van der Waals surface area contributed by atoms with Crippen LogP contribution in [0, 0.1) is 20.8 Å². The number of halogens is 1. The molecule has 0 aliphatic carbocycles. The van der Waals surface area contributed by atoms with Crippen LogP contribution >= 0.6 is 11.6 Å². The summed E-state index contributed by atoms with van der Waals surface area (Å²) in [5.74, 6) is 0.735. The topological polar surface area (TPSA) is 29.5 Å². The van der Waals surface area contributed by atoms with Gasteiger partial charge in [-0.05, 0) is 43.0 Å². The second-order valence-corrected chi connectivity index (χ2v) is 5.52. The van der Waals surface area contributed by atoms with Gasteiger partial charge in [-0.15, -0.1) is 0 Å². The van der Waals surface area contributed by atoms with Crippen LogP contribution < -0.4 is 4.74 Å². The van der Waals surface area contributed by atoms with Crippen LogP contribution in [0.4, 0.5) is 0 Å². The normalized spacial score (nSPS) is 11.8. The molecule has 96 valence electrons. The summed E-state index contributed by atoms with van der Waals surface area (Å²) in [5, 5.41) is 10.2. The Balaban J connectivity index is 3.65. The third kappa shape index (κ3) is 2.29. The fraction of sp³-hybridized carbons (Fsp3) is 0.571. The number of hydrogen-bond donors (Lipinski definition) is 1. The Bertz CT molecular complexity index is 407. The van der Waals surface area contributed by atoms with Crippen LogP contribution in [0.5, 0.6) is 5.75 Å². The lowest BCUT2D eigenvalue weighted by molar-refractivity contribution is 0.217. The highest BCUT2D eigenvalue weighted by molar-refractivity contribution is 6.33. The van der Waals surface area contributed by atoms with Gasteiger partial charge >= 0.3 is 0 Å². The number of aliphatic hydroxyl groups is 1. The van der Waals surface area contributed by atoms with Gasteiger partial charge in [0.25, 0.3) is 0 Å². The first-order valence-electron chi connectivity index (χ1n) is 5.72. The van der Waals surface area contributed by atoms with Crippen molar-refractivity contribution in [3.8, 4) is 5.75 Å². The second-order valence-electron chi connectivity index (χ2n) is 5.14. The molecular formula is C14H21ClO2. The highest BCUT2D eigenvalue weighted by atomic mass is 35.5. The number of aliphatic hydroxyl groups excluding tert-OH is 1. The van der Waals surface area contributed by atoms with Crippen molar-refractivity contribution in [1.29, 1.82) is 0 Å². The average molecular weight is 257 g/mol. The molecule has 1 rings (SSSR count). The Morgan fingerprint density at radius 3 is 2.06 bits per heavy atom. The minimum absolute atomic E-state index is 0.0940. The van der Waals surface area contributed by atoms with Crippen LogP contribution in [0.15, 0.2) is 0 Å². The molecule has 0 aromatic heterocycles. The summed E-state index contributed by atoms with van der Waals surface area (Å²) in [6.45, 7) is 10.2. The van der Waals surface area contributed by atoms with Crippen molar-refractivity contribution >= 4 is 11.6 Å². The summed E-state index contributed by atoms with van der Waals surface area (Å²) in [7, 11) is 1.63. The fourth-order valence-electron chi connectivity index (χ4n) is 2.42. The standard InChI is InChI=1S/C14H21ClO2/c1-8-9(2)13(17-6)12(15)10(3)11(8)14(4,5)7-16/h16H,7H2,1-6H3. The molecular weight excluding hydrogens is 236 g/mol. The van der Waals surface area contributed by atoms with Crippen molar-refractivity contribution < 1.29 is 9.84 Å². The number of methoxy groups -OCH3 is 1. The van der Waals surface area contributed by atoms with Gasteiger partial charge in [0.2, 0.25) is 0 Å².